The topological polar surface area (TPSA) is 40.5 Å². The molecule has 0 bridgehead atoms. The van der Waals surface area contributed by atoms with E-state index in [1.54, 1.807) is 6.92 Å². The number of rotatable bonds is 0. The average Bonchev–Trinajstić information content (AvgIpc) is 2.08. The van der Waals surface area contributed by atoms with Gasteiger partial charge in [-0.2, -0.15) is 0 Å². The van der Waals surface area contributed by atoms with Crippen molar-refractivity contribution in [1.29, 1.82) is 0 Å². The highest BCUT2D eigenvalue weighted by Crippen LogP contribution is 2.46. The van der Waals surface area contributed by atoms with Crippen molar-refractivity contribution in [1.82, 2.24) is 0 Å². The van der Waals surface area contributed by atoms with Crippen molar-refractivity contribution in [3.05, 3.63) is 19.0 Å². The van der Waals surface area contributed by atoms with Gasteiger partial charge in [0.25, 0.3) is 0 Å². The zero-order chi connectivity index (χ0) is 9.46. The van der Waals surface area contributed by atoms with Crippen LogP contribution >= 0.6 is 47.8 Å². The Labute approximate surface area is 95.0 Å². The lowest BCUT2D eigenvalue weighted by atomic mass is 10.2. The molecule has 0 aliphatic heterocycles. The van der Waals surface area contributed by atoms with E-state index in [1.165, 1.54) is 0 Å². The van der Waals surface area contributed by atoms with Gasteiger partial charge < -0.3 is 10.2 Å². The molecule has 0 saturated carbocycles. The summed E-state index contributed by atoms with van der Waals surface area (Å²) in [6.07, 6.45) is 0. The Morgan fingerprint density at radius 1 is 0.833 bits per heavy atom. The molecule has 0 fully saturated rings. The summed E-state index contributed by atoms with van der Waals surface area (Å²) in [6.45, 7) is 1.70. The lowest BCUT2D eigenvalue weighted by Crippen LogP contribution is -1.83. The van der Waals surface area contributed by atoms with E-state index in [0.29, 0.717) is 14.5 Å². The highest BCUT2D eigenvalue weighted by molar-refractivity contribution is 9.14. The predicted octanol–water partition coefficient (Wildman–Crippen LogP) is 3.69. The molecule has 2 N–H and O–H groups in total. The minimum absolute atomic E-state index is 0.114. The monoisotopic (exact) mass is 358 g/mol. The number of benzene rings is 1. The zero-order valence-electron chi connectivity index (χ0n) is 6.03. The van der Waals surface area contributed by atoms with E-state index in [-0.39, 0.29) is 11.5 Å². The number of phenols is 2. The Kier molecular flexibility index (Phi) is 3.06. The molecule has 0 heterocycles. The summed E-state index contributed by atoms with van der Waals surface area (Å²) in [4.78, 5) is 0. The SMILES string of the molecule is Cc1c(O)c(O)c(Br)c(Br)c1Br. The number of hydrogen-bond donors (Lipinski definition) is 2. The fourth-order valence-electron chi connectivity index (χ4n) is 0.750. The minimum atomic E-state index is -0.150. The van der Waals surface area contributed by atoms with E-state index in [4.69, 9.17) is 0 Å². The van der Waals surface area contributed by atoms with Crippen LogP contribution in [0, 0.1) is 6.92 Å². The van der Waals surface area contributed by atoms with Crippen molar-refractivity contribution in [2.45, 2.75) is 6.92 Å². The van der Waals surface area contributed by atoms with Gasteiger partial charge in [0.2, 0.25) is 0 Å². The maximum absolute atomic E-state index is 9.36. The molecular weight excluding hydrogens is 356 g/mol. The first kappa shape index (κ1) is 10.3. The standard InChI is InChI=1S/C7H5Br3O2/c1-2-3(8)4(9)5(10)7(12)6(2)11/h11-12H,1H3. The molecular formula is C7H5Br3O2. The van der Waals surface area contributed by atoms with Crippen LogP contribution in [0.25, 0.3) is 0 Å². The van der Waals surface area contributed by atoms with Crippen LogP contribution in [0.2, 0.25) is 0 Å². The molecule has 2 nitrogen and oxygen atoms in total. The Morgan fingerprint density at radius 2 is 1.33 bits per heavy atom. The van der Waals surface area contributed by atoms with Gasteiger partial charge in [-0.15, -0.1) is 0 Å². The van der Waals surface area contributed by atoms with Gasteiger partial charge in [-0.1, -0.05) is 0 Å². The van der Waals surface area contributed by atoms with E-state index >= 15 is 0 Å². The van der Waals surface area contributed by atoms with Crippen molar-refractivity contribution in [3.8, 4) is 11.5 Å². The fraction of sp³-hybridized carbons (Fsp3) is 0.143. The molecule has 0 spiro atoms. The molecule has 1 aromatic rings. The highest BCUT2D eigenvalue weighted by Gasteiger charge is 2.16. The Hall–Kier alpha value is 0.260. The van der Waals surface area contributed by atoms with Crippen LogP contribution in [-0.2, 0) is 0 Å². The molecule has 1 aromatic carbocycles. The maximum Gasteiger partial charge on any atom is 0.173 e. The first-order chi connectivity index (χ1) is 5.46. The molecule has 0 atom stereocenters. The van der Waals surface area contributed by atoms with Crippen LogP contribution in [0.3, 0.4) is 0 Å². The molecule has 12 heavy (non-hydrogen) atoms. The van der Waals surface area contributed by atoms with E-state index in [2.05, 4.69) is 47.8 Å². The molecule has 0 saturated heterocycles. The van der Waals surface area contributed by atoms with E-state index < -0.39 is 0 Å². The molecule has 1 rings (SSSR count). The molecule has 0 amide bonds. The minimum Gasteiger partial charge on any atom is -0.504 e. The van der Waals surface area contributed by atoms with Crippen molar-refractivity contribution in [2.75, 3.05) is 0 Å². The van der Waals surface area contributed by atoms with Gasteiger partial charge >= 0.3 is 0 Å². The first-order valence-corrected chi connectivity index (χ1v) is 5.39. The molecule has 5 heteroatoms. The Bertz CT molecular complexity index is 231. The van der Waals surface area contributed by atoms with E-state index in [0.717, 1.165) is 4.47 Å². The first-order valence-electron chi connectivity index (χ1n) is 3.01. The smallest absolute Gasteiger partial charge is 0.173 e. The molecule has 0 aliphatic carbocycles. The van der Waals surface area contributed by atoms with Crippen molar-refractivity contribution in [3.63, 3.8) is 0 Å². The summed E-state index contributed by atoms with van der Waals surface area (Å²) in [5, 5.41) is 18.7. The third-order valence-corrected chi connectivity index (χ3v) is 5.12. The summed E-state index contributed by atoms with van der Waals surface area (Å²) >= 11 is 9.64. The molecule has 0 aliphatic rings. The van der Waals surface area contributed by atoms with Crippen molar-refractivity contribution >= 4 is 47.8 Å². The number of hydrogen-bond acceptors (Lipinski definition) is 2. The summed E-state index contributed by atoms with van der Waals surface area (Å²) < 4.78 is 1.86. The quantitative estimate of drug-likeness (QED) is 0.547. The van der Waals surface area contributed by atoms with Gasteiger partial charge in [0.05, 0.1) is 8.95 Å². The third-order valence-electron chi connectivity index (χ3n) is 1.50. The van der Waals surface area contributed by atoms with E-state index in [9.17, 15) is 10.2 Å². The molecule has 0 radical (unpaired) electrons. The highest BCUT2D eigenvalue weighted by atomic mass is 79.9. The van der Waals surface area contributed by atoms with Gasteiger partial charge in [0, 0.05) is 10.0 Å². The normalized spacial score (nSPS) is 10.3. The van der Waals surface area contributed by atoms with Gasteiger partial charge in [-0.3, -0.25) is 0 Å². The summed E-state index contributed by atoms with van der Waals surface area (Å²) in [5.41, 5.74) is 0.600. The van der Waals surface area contributed by atoms with Crippen LogP contribution in [0.1, 0.15) is 5.56 Å². The average molecular weight is 361 g/mol. The number of aromatic hydroxyl groups is 2. The predicted molar refractivity (Wildman–Crippen MR) is 57.6 cm³/mol. The van der Waals surface area contributed by atoms with Gasteiger partial charge in [0.1, 0.15) is 0 Å². The molecule has 0 aromatic heterocycles. The van der Waals surface area contributed by atoms with Crippen LogP contribution in [0.4, 0.5) is 0 Å². The zero-order valence-corrected chi connectivity index (χ0v) is 10.8. The second kappa shape index (κ2) is 3.55. The Balaban J connectivity index is 3.60. The van der Waals surface area contributed by atoms with Crippen molar-refractivity contribution < 1.29 is 10.2 Å². The van der Waals surface area contributed by atoms with Gasteiger partial charge in [-0.05, 0) is 54.7 Å². The largest absolute Gasteiger partial charge is 0.504 e. The molecule has 66 valence electrons. The van der Waals surface area contributed by atoms with Crippen LogP contribution in [0.5, 0.6) is 11.5 Å². The fourth-order valence-corrected chi connectivity index (χ4v) is 2.27. The molecule has 0 unspecified atom stereocenters. The lowest BCUT2D eigenvalue weighted by molar-refractivity contribution is 0.398. The Morgan fingerprint density at radius 3 is 1.83 bits per heavy atom. The van der Waals surface area contributed by atoms with Crippen molar-refractivity contribution in [2.24, 2.45) is 0 Å². The van der Waals surface area contributed by atoms with Crippen LogP contribution in [0.15, 0.2) is 13.4 Å². The van der Waals surface area contributed by atoms with Gasteiger partial charge in [0.15, 0.2) is 11.5 Å². The number of phenolic OH excluding ortho intramolecular Hbond substituents is 2. The summed E-state index contributed by atoms with van der Waals surface area (Å²) in [7, 11) is 0. The van der Waals surface area contributed by atoms with E-state index in [1.807, 2.05) is 0 Å². The van der Waals surface area contributed by atoms with Gasteiger partial charge in [-0.25, -0.2) is 0 Å². The second-order valence-electron chi connectivity index (χ2n) is 2.26. The number of halogens is 3. The van der Waals surface area contributed by atoms with Crippen LogP contribution in [-0.4, -0.2) is 10.2 Å². The van der Waals surface area contributed by atoms with Crippen LogP contribution < -0.4 is 0 Å². The third kappa shape index (κ3) is 1.49. The lowest BCUT2D eigenvalue weighted by Gasteiger charge is -2.08. The summed E-state index contributed by atoms with van der Waals surface area (Å²) in [5.74, 6) is -0.264. The summed E-state index contributed by atoms with van der Waals surface area (Å²) in [6, 6.07) is 0. The second-order valence-corrected chi connectivity index (χ2v) is 4.64. The maximum atomic E-state index is 9.36.